The van der Waals surface area contributed by atoms with Crippen LogP contribution in [0.1, 0.15) is 19.4 Å². The van der Waals surface area contributed by atoms with Crippen LogP contribution >= 0.6 is 0 Å². The number of nitrogens with one attached hydrogen (secondary N) is 1. The highest BCUT2D eigenvalue weighted by Gasteiger charge is 2.03. The van der Waals surface area contributed by atoms with Crippen LogP contribution in [0, 0.1) is 0 Å². The zero-order chi connectivity index (χ0) is 10.4. The second kappa shape index (κ2) is 5.62. The van der Waals surface area contributed by atoms with Crippen molar-refractivity contribution >= 4 is 0 Å². The highest BCUT2D eigenvalue weighted by atomic mass is 16.6. The zero-order valence-electron chi connectivity index (χ0n) is 8.91. The van der Waals surface area contributed by atoms with Gasteiger partial charge in [-0.25, -0.2) is 0 Å². The summed E-state index contributed by atoms with van der Waals surface area (Å²) in [4.78, 5) is 4.80. The molecular formula is C11H17NO2. The second-order valence-electron chi connectivity index (χ2n) is 3.30. The van der Waals surface area contributed by atoms with Crippen LogP contribution in [-0.2, 0) is 11.4 Å². The summed E-state index contributed by atoms with van der Waals surface area (Å²) in [5, 5.41) is 0. The molecule has 0 heterocycles. The Bertz CT molecular complexity index is 274. The lowest BCUT2D eigenvalue weighted by Gasteiger charge is -2.13. The average Bonchev–Trinajstić information content (AvgIpc) is 2.16. The molecule has 0 amide bonds. The molecule has 0 saturated heterocycles. The van der Waals surface area contributed by atoms with Crippen LogP contribution in [0.3, 0.4) is 0 Å². The van der Waals surface area contributed by atoms with E-state index >= 15 is 0 Å². The largest absolute Gasteiger partial charge is 0.491 e. The van der Waals surface area contributed by atoms with Crippen molar-refractivity contribution in [1.29, 1.82) is 0 Å². The maximum absolute atomic E-state index is 5.65. The SMILES string of the molecule is CONCc1ccccc1OC(C)C. The second-order valence-corrected chi connectivity index (χ2v) is 3.30. The Morgan fingerprint density at radius 3 is 2.64 bits per heavy atom. The maximum Gasteiger partial charge on any atom is 0.124 e. The van der Waals surface area contributed by atoms with Gasteiger partial charge in [0.25, 0.3) is 0 Å². The Morgan fingerprint density at radius 1 is 1.29 bits per heavy atom. The molecule has 0 unspecified atom stereocenters. The molecule has 0 aliphatic heterocycles. The third-order valence-electron chi connectivity index (χ3n) is 1.74. The molecule has 0 saturated carbocycles. The van der Waals surface area contributed by atoms with Crippen molar-refractivity contribution in [2.45, 2.75) is 26.5 Å². The third-order valence-corrected chi connectivity index (χ3v) is 1.74. The Kier molecular flexibility index (Phi) is 4.43. The fraction of sp³-hybridized carbons (Fsp3) is 0.455. The Labute approximate surface area is 85.0 Å². The molecule has 3 heteroatoms. The van der Waals surface area contributed by atoms with Gasteiger partial charge in [-0.05, 0) is 19.9 Å². The predicted octanol–water partition coefficient (Wildman–Crippen LogP) is 2.12. The maximum atomic E-state index is 5.65. The van der Waals surface area contributed by atoms with Gasteiger partial charge in [0.1, 0.15) is 5.75 Å². The number of para-hydroxylation sites is 1. The summed E-state index contributed by atoms with van der Waals surface area (Å²) < 4.78 is 5.65. The summed E-state index contributed by atoms with van der Waals surface area (Å²) in [6, 6.07) is 7.93. The van der Waals surface area contributed by atoms with E-state index in [0.29, 0.717) is 6.54 Å². The topological polar surface area (TPSA) is 30.5 Å². The minimum absolute atomic E-state index is 0.193. The van der Waals surface area contributed by atoms with Gasteiger partial charge < -0.3 is 9.57 Å². The molecule has 1 aromatic carbocycles. The van der Waals surface area contributed by atoms with Gasteiger partial charge in [0.15, 0.2) is 0 Å². The predicted molar refractivity (Wildman–Crippen MR) is 56.1 cm³/mol. The van der Waals surface area contributed by atoms with E-state index in [2.05, 4.69) is 5.48 Å². The van der Waals surface area contributed by atoms with Crippen LogP contribution in [0.5, 0.6) is 5.75 Å². The summed E-state index contributed by atoms with van der Waals surface area (Å²) in [6.45, 7) is 4.68. The molecule has 3 nitrogen and oxygen atoms in total. The van der Waals surface area contributed by atoms with E-state index in [1.807, 2.05) is 38.1 Å². The van der Waals surface area contributed by atoms with E-state index in [1.54, 1.807) is 7.11 Å². The first kappa shape index (κ1) is 11.0. The van der Waals surface area contributed by atoms with Gasteiger partial charge in [-0.2, -0.15) is 5.48 Å². The summed E-state index contributed by atoms with van der Waals surface area (Å²) in [6.07, 6.45) is 0.193. The van der Waals surface area contributed by atoms with Crippen molar-refractivity contribution in [1.82, 2.24) is 5.48 Å². The molecule has 1 rings (SSSR count). The fourth-order valence-electron chi connectivity index (χ4n) is 1.17. The number of hydroxylamine groups is 1. The zero-order valence-corrected chi connectivity index (χ0v) is 8.91. The summed E-state index contributed by atoms with van der Waals surface area (Å²) in [7, 11) is 1.60. The van der Waals surface area contributed by atoms with Crippen molar-refractivity contribution < 1.29 is 9.57 Å². The van der Waals surface area contributed by atoms with Crippen LogP contribution in [0.15, 0.2) is 24.3 Å². The van der Waals surface area contributed by atoms with Crippen molar-refractivity contribution in [2.24, 2.45) is 0 Å². The highest BCUT2D eigenvalue weighted by Crippen LogP contribution is 2.18. The smallest absolute Gasteiger partial charge is 0.124 e. The minimum atomic E-state index is 0.193. The molecule has 0 aromatic heterocycles. The van der Waals surface area contributed by atoms with Crippen molar-refractivity contribution in [3.05, 3.63) is 29.8 Å². The first-order valence-corrected chi connectivity index (χ1v) is 4.74. The van der Waals surface area contributed by atoms with Crippen LogP contribution in [0.2, 0.25) is 0 Å². The average molecular weight is 195 g/mol. The molecule has 0 bridgehead atoms. The van der Waals surface area contributed by atoms with E-state index in [9.17, 15) is 0 Å². The molecule has 0 fully saturated rings. The molecule has 1 N–H and O–H groups in total. The lowest BCUT2D eigenvalue weighted by atomic mass is 10.2. The van der Waals surface area contributed by atoms with Crippen molar-refractivity contribution in [3.8, 4) is 5.75 Å². The molecule has 0 spiro atoms. The van der Waals surface area contributed by atoms with E-state index < -0.39 is 0 Å². The van der Waals surface area contributed by atoms with E-state index in [-0.39, 0.29) is 6.10 Å². The number of benzene rings is 1. The first-order chi connectivity index (χ1) is 6.74. The first-order valence-electron chi connectivity index (χ1n) is 4.74. The van der Waals surface area contributed by atoms with E-state index in [1.165, 1.54) is 0 Å². The third kappa shape index (κ3) is 3.36. The van der Waals surface area contributed by atoms with Crippen LogP contribution in [0.4, 0.5) is 0 Å². The summed E-state index contributed by atoms with van der Waals surface area (Å²) in [5.74, 6) is 0.909. The molecule has 1 aromatic rings. The van der Waals surface area contributed by atoms with E-state index in [0.717, 1.165) is 11.3 Å². The van der Waals surface area contributed by atoms with Gasteiger partial charge in [-0.15, -0.1) is 0 Å². The Balaban J connectivity index is 2.69. The van der Waals surface area contributed by atoms with Crippen LogP contribution in [0.25, 0.3) is 0 Å². The van der Waals surface area contributed by atoms with Crippen molar-refractivity contribution in [2.75, 3.05) is 7.11 Å². The monoisotopic (exact) mass is 195 g/mol. The quantitative estimate of drug-likeness (QED) is 0.730. The number of rotatable bonds is 5. The van der Waals surface area contributed by atoms with Crippen molar-refractivity contribution in [3.63, 3.8) is 0 Å². The number of ether oxygens (including phenoxy) is 1. The molecule has 78 valence electrons. The van der Waals surface area contributed by atoms with Crippen LogP contribution < -0.4 is 10.2 Å². The fourth-order valence-corrected chi connectivity index (χ4v) is 1.17. The number of hydrogen-bond donors (Lipinski definition) is 1. The molecule has 14 heavy (non-hydrogen) atoms. The number of hydrogen-bond acceptors (Lipinski definition) is 3. The standard InChI is InChI=1S/C11H17NO2/c1-9(2)14-11-7-5-4-6-10(11)8-12-13-3/h4-7,9,12H,8H2,1-3H3. The Morgan fingerprint density at radius 2 is 2.00 bits per heavy atom. The lowest BCUT2D eigenvalue weighted by Crippen LogP contribution is -2.13. The minimum Gasteiger partial charge on any atom is -0.491 e. The molecule has 0 atom stereocenters. The summed E-state index contributed by atoms with van der Waals surface area (Å²) in [5.41, 5.74) is 3.90. The molecule has 0 aliphatic carbocycles. The van der Waals surface area contributed by atoms with Gasteiger partial charge in [0.05, 0.1) is 13.2 Å². The normalized spacial score (nSPS) is 10.6. The molecule has 0 radical (unpaired) electrons. The molecular weight excluding hydrogens is 178 g/mol. The lowest BCUT2D eigenvalue weighted by molar-refractivity contribution is 0.0856. The Hall–Kier alpha value is -1.06. The summed E-state index contributed by atoms with van der Waals surface area (Å²) >= 11 is 0. The van der Waals surface area contributed by atoms with E-state index in [4.69, 9.17) is 9.57 Å². The van der Waals surface area contributed by atoms with Gasteiger partial charge in [0, 0.05) is 12.1 Å². The van der Waals surface area contributed by atoms with Gasteiger partial charge in [-0.3, -0.25) is 0 Å². The van der Waals surface area contributed by atoms with Gasteiger partial charge >= 0.3 is 0 Å². The highest BCUT2D eigenvalue weighted by molar-refractivity contribution is 5.33. The van der Waals surface area contributed by atoms with Crippen LogP contribution in [-0.4, -0.2) is 13.2 Å². The van der Waals surface area contributed by atoms with Gasteiger partial charge in [0.2, 0.25) is 0 Å². The molecule has 0 aliphatic rings. The van der Waals surface area contributed by atoms with Gasteiger partial charge in [-0.1, -0.05) is 18.2 Å².